The number of rotatable bonds is 4. The van der Waals surface area contributed by atoms with Gasteiger partial charge in [-0.05, 0) is 41.6 Å². The third-order valence-corrected chi connectivity index (χ3v) is 3.74. The van der Waals surface area contributed by atoms with E-state index in [1.807, 2.05) is 32.5 Å². The number of aromatic nitrogens is 2. The van der Waals surface area contributed by atoms with Crippen molar-refractivity contribution in [3.63, 3.8) is 0 Å². The van der Waals surface area contributed by atoms with Crippen LogP contribution >= 0.6 is 15.9 Å². The zero-order chi connectivity index (χ0) is 11.6. The van der Waals surface area contributed by atoms with Gasteiger partial charge in [-0.3, -0.25) is 4.68 Å². The van der Waals surface area contributed by atoms with Crippen LogP contribution in [0.1, 0.15) is 31.7 Å². The molecule has 0 amide bonds. The van der Waals surface area contributed by atoms with Crippen LogP contribution < -0.4 is 0 Å². The maximum atomic E-state index is 9.73. The number of aryl methyl sites for hydroxylation is 2. The molecule has 1 heterocycles. The molecule has 0 spiro atoms. The summed E-state index contributed by atoms with van der Waals surface area (Å²) in [4.78, 5) is 0. The van der Waals surface area contributed by atoms with Crippen LogP contribution in [0.4, 0.5) is 0 Å². The van der Waals surface area contributed by atoms with Crippen LogP contribution in [0.25, 0.3) is 0 Å². The molecule has 1 atom stereocenters. The normalized spacial score (nSPS) is 13.5. The molecule has 1 aromatic rings. The average Bonchev–Trinajstić information content (AvgIpc) is 2.38. The van der Waals surface area contributed by atoms with Crippen molar-refractivity contribution in [3.8, 4) is 0 Å². The van der Waals surface area contributed by atoms with Gasteiger partial charge in [-0.15, -0.1) is 0 Å². The van der Waals surface area contributed by atoms with E-state index in [1.54, 1.807) is 0 Å². The number of aliphatic hydroxyl groups is 1. The first-order valence-corrected chi connectivity index (χ1v) is 6.08. The van der Waals surface area contributed by atoms with Crippen molar-refractivity contribution in [1.82, 2.24) is 9.78 Å². The van der Waals surface area contributed by atoms with Gasteiger partial charge in [0.15, 0.2) is 0 Å². The van der Waals surface area contributed by atoms with E-state index in [2.05, 4.69) is 21.0 Å². The van der Waals surface area contributed by atoms with Crippen molar-refractivity contribution >= 4 is 15.9 Å². The Morgan fingerprint density at radius 2 is 2.07 bits per heavy atom. The zero-order valence-corrected chi connectivity index (χ0v) is 11.4. The van der Waals surface area contributed by atoms with E-state index in [4.69, 9.17) is 0 Å². The Labute approximate surface area is 99.6 Å². The van der Waals surface area contributed by atoms with Gasteiger partial charge >= 0.3 is 0 Å². The Hall–Kier alpha value is -0.350. The summed E-state index contributed by atoms with van der Waals surface area (Å²) in [6.07, 6.45) is 1.42. The zero-order valence-electron chi connectivity index (χ0n) is 9.79. The summed E-state index contributed by atoms with van der Waals surface area (Å²) in [5.74, 6) is 0.318. The van der Waals surface area contributed by atoms with Gasteiger partial charge in [-0.25, -0.2) is 0 Å². The van der Waals surface area contributed by atoms with Gasteiger partial charge in [-0.2, -0.15) is 5.10 Å². The van der Waals surface area contributed by atoms with Crippen LogP contribution in [0, 0.1) is 12.8 Å². The highest BCUT2D eigenvalue weighted by atomic mass is 79.9. The summed E-state index contributed by atoms with van der Waals surface area (Å²) >= 11 is 3.52. The lowest BCUT2D eigenvalue weighted by Gasteiger charge is -2.14. The maximum absolute atomic E-state index is 9.73. The molecule has 0 aliphatic heterocycles. The Balaban J connectivity index is 2.65. The molecule has 1 unspecified atom stereocenters. The minimum Gasteiger partial charge on any atom is -0.393 e. The third-order valence-electron chi connectivity index (χ3n) is 2.71. The van der Waals surface area contributed by atoms with E-state index in [-0.39, 0.29) is 6.10 Å². The minimum atomic E-state index is -0.230. The smallest absolute Gasteiger partial charge is 0.0738 e. The summed E-state index contributed by atoms with van der Waals surface area (Å²) in [5, 5.41) is 14.1. The molecule has 0 fully saturated rings. The summed E-state index contributed by atoms with van der Waals surface area (Å²) in [5.41, 5.74) is 2.17. The summed E-state index contributed by atoms with van der Waals surface area (Å²) < 4.78 is 2.95. The van der Waals surface area contributed by atoms with Gasteiger partial charge in [0.2, 0.25) is 0 Å². The molecular weight excluding hydrogens is 256 g/mol. The van der Waals surface area contributed by atoms with Crippen molar-refractivity contribution in [1.29, 1.82) is 0 Å². The largest absolute Gasteiger partial charge is 0.393 e. The van der Waals surface area contributed by atoms with Gasteiger partial charge in [0.05, 0.1) is 22.0 Å². The van der Waals surface area contributed by atoms with Crippen LogP contribution in [0.15, 0.2) is 4.47 Å². The molecule has 4 heteroatoms. The highest BCUT2D eigenvalue weighted by Crippen LogP contribution is 2.22. The fraction of sp³-hybridized carbons (Fsp3) is 0.727. The number of hydrogen-bond donors (Lipinski definition) is 1. The van der Waals surface area contributed by atoms with Crippen LogP contribution in [-0.4, -0.2) is 21.0 Å². The van der Waals surface area contributed by atoms with Crippen molar-refractivity contribution in [2.24, 2.45) is 13.0 Å². The molecule has 15 heavy (non-hydrogen) atoms. The fourth-order valence-corrected chi connectivity index (χ4v) is 2.10. The van der Waals surface area contributed by atoms with Gasteiger partial charge in [-0.1, -0.05) is 13.8 Å². The minimum absolute atomic E-state index is 0.230. The van der Waals surface area contributed by atoms with E-state index < -0.39 is 0 Å². The second-order valence-electron chi connectivity index (χ2n) is 4.32. The molecule has 0 aliphatic carbocycles. The number of nitrogens with zero attached hydrogens (tertiary/aromatic N) is 2. The summed E-state index contributed by atoms with van der Waals surface area (Å²) in [7, 11) is 1.94. The molecule has 0 radical (unpaired) electrons. The van der Waals surface area contributed by atoms with E-state index in [9.17, 15) is 5.11 Å². The molecule has 86 valence electrons. The molecule has 0 bridgehead atoms. The SMILES string of the molecule is Cc1nn(C)c(CCC(O)C(C)C)c1Br. The Morgan fingerprint density at radius 3 is 2.47 bits per heavy atom. The first kappa shape index (κ1) is 12.7. The molecule has 0 aliphatic rings. The lowest BCUT2D eigenvalue weighted by Crippen LogP contribution is -2.16. The fourth-order valence-electron chi connectivity index (χ4n) is 1.57. The van der Waals surface area contributed by atoms with E-state index >= 15 is 0 Å². The number of halogens is 1. The first-order chi connectivity index (χ1) is 6.93. The molecule has 0 aromatic carbocycles. The monoisotopic (exact) mass is 274 g/mol. The molecule has 3 nitrogen and oxygen atoms in total. The maximum Gasteiger partial charge on any atom is 0.0738 e. The number of hydrogen-bond acceptors (Lipinski definition) is 2. The van der Waals surface area contributed by atoms with Gasteiger partial charge in [0.25, 0.3) is 0 Å². The van der Waals surface area contributed by atoms with Crippen LogP contribution in [-0.2, 0) is 13.5 Å². The molecule has 0 saturated carbocycles. The Morgan fingerprint density at radius 1 is 1.47 bits per heavy atom. The highest BCUT2D eigenvalue weighted by molar-refractivity contribution is 9.10. The lowest BCUT2D eigenvalue weighted by atomic mass is 10.0. The first-order valence-electron chi connectivity index (χ1n) is 5.29. The van der Waals surface area contributed by atoms with Gasteiger partial charge < -0.3 is 5.11 Å². The third kappa shape index (κ3) is 3.05. The summed E-state index contributed by atoms with van der Waals surface area (Å²) in [6, 6.07) is 0. The van der Waals surface area contributed by atoms with Crippen molar-refractivity contribution in [2.45, 2.75) is 39.7 Å². The van der Waals surface area contributed by atoms with E-state index in [0.717, 1.165) is 28.7 Å². The summed E-state index contributed by atoms with van der Waals surface area (Å²) in [6.45, 7) is 6.05. The molecule has 1 rings (SSSR count). The lowest BCUT2D eigenvalue weighted by molar-refractivity contribution is 0.116. The van der Waals surface area contributed by atoms with Gasteiger partial charge in [0.1, 0.15) is 0 Å². The molecular formula is C11H19BrN2O. The predicted octanol–water partition coefficient (Wildman–Crippen LogP) is 2.44. The average molecular weight is 275 g/mol. The number of aliphatic hydroxyl groups excluding tert-OH is 1. The molecule has 0 saturated heterocycles. The Bertz CT molecular complexity index is 334. The highest BCUT2D eigenvalue weighted by Gasteiger charge is 2.14. The van der Waals surface area contributed by atoms with Crippen LogP contribution in [0.2, 0.25) is 0 Å². The second-order valence-corrected chi connectivity index (χ2v) is 5.11. The van der Waals surface area contributed by atoms with Gasteiger partial charge in [0, 0.05) is 7.05 Å². The van der Waals surface area contributed by atoms with Crippen molar-refractivity contribution < 1.29 is 5.11 Å². The topological polar surface area (TPSA) is 38.0 Å². The Kier molecular flexibility index (Phi) is 4.34. The van der Waals surface area contributed by atoms with Crippen LogP contribution in [0.3, 0.4) is 0 Å². The van der Waals surface area contributed by atoms with Crippen molar-refractivity contribution in [2.75, 3.05) is 0 Å². The quantitative estimate of drug-likeness (QED) is 0.916. The molecule has 1 aromatic heterocycles. The van der Waals surface area contributed by atoms with E-state index in [1.165, 1.54) is 0 Å². The van der Waals surface area contributed by atoms with E-state index in [0.29, 0.717) is 5.92 Å². The van der Waals surface area contributed by atoms with Crippen molar-refractivity contribution in [3.05, 3.63) is 15.9 Å². The second kappa shape index (κ2) is 5.12. The predicted molar refractivity (Wildman–Crippen MR) is 64.8 cm³/mol. The standard InChI is InChI=1S/C11H19BrN2O/c1-7(2)10(15)6-5-9-11(12)8(3)13-14(9)4/h7,10,15H,5-6H2,1-4H3. The molecule has 1 N–H and O–H groups in total. The van der Waals surface area contributed by atoms with Crippen LogP contribution in [0.5, 0.6) is 0 Å².